The van der Waals surface area contributed by atoms with E-state index in [0.29, 0.717) is 17.1 Å². The number of aromatic nitrogens is 2. The molecule has 0 radical (unpaired) electrons. The van der Waals surface area contributed by atoms with E-state index in [4.69, 9.17) is 4.74 Å². The normalized spacial score (nSPS) is 10.7. The van der Waals surface area contributed by atoms with Crippen LogP contribution >= 0.6 is 34.9 Å². The maximum absolute atomic E-state index is 13.7. The summed E-state index contributed by atoms with van der Waals surface area (Å²) in [6.45, 7) is 0. The summed E-state index contributed by atoms with van der Waals surface area (Å²) in [5.74, 6) is 0.833. The highest BCUT2D eigenvalue weighted by Gasteiger charge is 2.11. The van der Waals surface area contributed by atoms with Crippen molar-refractivity contribution in [3.63, 3.8) is 0 Å². The maximum Gasteiger partial charge on any atom is 0.175 e. The van der Waals surface area contributed by atoms with Gasteiger partial charge in [-0.05, 0) is 17.7 Å². The van der Waals surface area contributed by atoms with Crippen molar-refractivity contribution in [2.24, 2.45) is 0 Å². The quantitative estimate of drug-likeness (QED) is 0.390. The Bertz CT molecular complexity index is 887. The summed E-state index contributed by atoms with van der Waals surface area (Å²) < 4.78 is 20.1. The Morgan fingerprint density at radius 2 is 1.85 bits per heavy atom. The molecule has 134 valence electrons. The molecule has 0 aliphatic carbocycles. The molecule has 0 amide bonds. The molecule has 0 unspecified atom stereocenters. The highest BCUT2D eigenvalue weighted by molar-refractivity contribution is 8.03. The van der Waals surface area contributed by atoms with Crippen LogP contribution in [0, 0.1) is 5.82 Å². The Morgan fingerprint density at radius 1 is 1.12 bits per heavy atom. The minimum Gasteiger partial charge on any atom is -0.494 e. The van der Waals surface area contributed by atoms with Crippen molar-refractivity contribution in [3.8, 4) is 5.75 Å². The topological polar surface area (TPSA) is 52.1 Å². The number of ether oxygens (including phenoxy) is 1. The van der Waals surface area contributed by atoms with Crippen LogP contribution in [0.3, 0.4) is 0 Å². The minimum atomic E-state index is -0.376. The van der Waals surface area contributed by atoms with E-state index in [9.17, 15) is 9.18 Å². The molecule has 3 aromatic rings. The summed E-state index contributed by atoms with van der Waals surface area (Å²) in [5, 5.41) is 8.22. The highest BCUT2D eigenvalue weighted by atomic mass is 32.2. The molecule has 26 heavy (non-hydrogen) atoms. The van der Waals surface area contributed by atoms with Gasteiger partial charge in [0.05, 0.1) is 12.9 Å². The van der Waals surface area contributed by atoms with Crippen molar-refractivity contribution in [2.45, 2.75) is 14.4 Å². The SMILES string of the molecule is COc1ccc(CSc2nnc(SCC(=O)c3ccccc3)s2)cc1F. The van der Waals surface area contributed by atoms with E-state index < -0.39 is 0 Å². The van der Waals surface area contributed by atoms with Crippen molar-refractivity contribution in [2.75, 3.05) is 12.9 Å². The zero-order valence-electron chi connectivity index (χ0n) is 13.8. The number of halogens is 1. The number of rotatable bonds is 8. The molecule has 0 saturated heterocycles. The van der Waals surface area contributed by atoms with Crippen LogP contribution in [-0.2, 0) is 5.75 Å². The lowest BCUT2D eigenvalue weighted by molar-refractivity contribution is 0.102. The predicted molar refractivity (Wildman–Crippen MR) is 104 cm³/mol. The van der Waals surface area contributed by atoms with Gasteiger partial charge in [0.15, 0.2) is 26.0 Å². The van der Waals surface area contributed by atoms with Gasteiger partial charge in [-0.25, -0.2) is 4.39 Å². The fraction of sp³-hybridized carbons (Fsp3) is 0.167. The lowest BCUT2D eigenvalue weighted by atomic mass is 10.2. The number of carbonyl (C=O) groups is 1. The summed E-state index contributed by atoms with van der Waals surface area (Å²) in [4.78, 5) is 12.1. The van der Waals surface area contributed by atoms with Crippen molar-refractivity contribution < 1.29 is 13.9 Å². The van der Waals surface area contributed by atoms with Crippen molar-refractivity contribution in [1.82, 2.24) is 10.2 Å². The van der Waals surface area contributed by atoms with Gasteiger partial charge >= 0.3 is 0 Å². The van der Waals surface area contributed by atoms with Crippen LogP contribution < -0.4 is 4.74 Å². The van der Waals surface area contributed by atoms with E-state index in [-0.39, 0.29) is 17.3 Å². The molecule has 0 fully saturated rings. The molecule has 0 aliphatic heterocycles. The molecule has 0 bridgehead atoms. The summed E-state index contributed by atoms with van der Waals surface area (Å²) in [6.07, 6.45) is 0. The number of Topliss-reactive ketones (excluding diaryl/α,β-unsaturated/α-hetero) is 1. The standard InChI is InChI=1S/C18H15FN2O2S3/c1-23-16-8-7-12(9-14(16)19)10-24-17-20-21-18(26-17)25-11-15(22)13-5-3-2-4-6-13/h2-9H,10-11H2,1H3. The van der Waals surface area contributed by atoms with E-state index in [1.165, 1.54) is 48.0 Å². The molecule has 1 heterocycles. The van der Waals surface area contributed by atoms with E-state index >= 15 is 0 Å². The van der Waals surface area contributed by atoms with Crippen molar-refractivity contribution in [1.29, 1.82) is 0 Å². The van der Waals surface area contributed by atoms with E-state index in [1.54, 1.807) is 18.2 Å². The Balaban J connectivity index is 1.52. The second kappa shape index (κ2) is 9.16. The second-order valence-electron chi connectivity index (χ2n) is 5.17. The van der Waals surface area contributed by atoms with E-state index in [0.717, 1.165) is 14.2 Å². The number of carbonyl (C=O) groups excluding carboxylic acids is 1. The van der Waals surface area contributed by atoms with Gasteiger partial charge in [-0.1, -0.05) is 71.3 Å². The Kier molecular flexibility index (Phi) is 6.65. The third kappa shape index (κ3) is 5.06. The summed E-state index contributed by atoms with van der Waals surface area (Å²) in [7, 11) is 1.44. The largest absolute Gasteiger partial charge is 0.494 e. The molecule has 8 heteroatoms. The molecular weight excluding hydrogens is 391 g/mol. The maximum atomic E-state index is 13.7. The van der Waals surface area contributed by atoms with Gasteiger partial charge in [-0.3, -0.25) is 4.79 Å². The van der Waals surface area contributed by atoms with Crippen LogP contribution in [0.15, 0.2) is 57.2 Å². The Morgan fingerprint density at radius 3 is 2.54 bits per heavy atom. The number of hydrogen-bond donors (Lipinski definition) is 0. The molecule has 3 rings (SSSR count). The second-order valence-corrected chi connectivity index (χ2v) is 8.59. The first-order valence-corrected chi connectivity index (χ1v) is 10.4. The molecule has 0 N–H and O–H groups in total. The van der Waals surface area contributed by atoms with Crippen LogP contribution in [0.1, 0.15) is 15.9 Å². The third-order valence-electron chi connectivity index (χ3n) is 3.39. The van der Waals surface area contributed by atoms with Gasteiger partial charge in [0, 0.05) is 11.3 Å². The molecule has 2 aromatic carbocycles. The highest BCUT2D eigenvalue weighted by Crippen LogP contribution is 2.31. The Labute approximate surface area is 163 Å². The molecule has 1 aromatic heterocycles. The molecule has 0 spiro atoms. The average molecular weight is 407 g/mol. The van der Waals surface area contributed by atoms with Gasteiger partial charge < -0.3 is 4.74 Å². The first-order chi connectivity index (χ1) is 12.7. The molecule has 0 atom stereocenters. The van der Waals surface area contributed by atoms with Gasteiger partial charge in [-0.15, -0.1) is 10.2 Å². The summed E-state index contributed by atoms with van der Waals surface area (Å²) >= 11 is 4.30. The lowest BCUT2D eigenvalue weighted by Crippen LogP contribution is -2.01. The predicted octanol–water partition coefficient (Wildman–Crippen LogP) is 4.95. The fourth-order valence-corrected chi connectivity index (χ4v) is 4.95. The van der Waals surface area contributed by atoms with Gasteiger partial charge in [0.2, 0.25) is 0 Å². The number of hydrogen-bond acceptors (Lipinski definition) is 7. The van der Waals surface area contributed by atoms with Crippen LogP contribution in [-0.4, -0.2) is 28.8 Å². The van der Waals surface area contributed by atoms with Crippen LogP contribution in [0.2, 0.25) is 0 Å². The molecular formula is C18H15FN2O2S3. The fourth-order valence-electron chi connectivity index (χ4n) is 2.09. The zero-order chi connectivity index (χ0) is 18.4. The van der Waals surface area contributed by atoms with E-state index in [1.807, 2.05) is 24.3 Å². The first kappa shape index (κ1) is 18.9. The van der Waals surface area contributed by atoms with Crippen LogP contribution in [0.4, 0.5) is 4.39 Å². The van der Waals surface area contributed by atoms with Gasteiger partial charge in [0.1, 0.15) is 0 Å². The number of thioether (sulfide) groups is 2. The molecule has 4 nitrogen and oxygen atoms in total. The lowest BCUT2D eigenvalue weighted by Gasteiger charge is -2.03. The van der Waals surface area contributed by atoms with Crippen LogP contribution in [0.25, 0.3) is 0 Å². The number of benzene rings is 2. The molecule has 0 saturated carbocycles. The average Bonchev–Trinajstić information content (AvgIpc) is 3.13. The Hall–Kier alpha value is -1.90. The smallest absolute Gasteiger partial charge is 0.175 e. The number of nitrogens with zero attached hydrogens (tertiary/aromatic N) is 2. The first-order valence-electron chi connectivity index (χ1n) is 7.65. The minimum absolute atomic E-state index is 0.0636. The van der Waals surface area contributed by atoms with Gasteiger partial charge in [-0.2, -0.15) is 0 Å². The molecule has 0 aliphatic rings. The number of ketones is 1. The van der Waals surface area contributed by atoms with E-state index in [2.05, 4.69) is 10.2 Å². The monoisotopic (exact) mass is 406 g/mol. The summed E-state index contributed by atoms with van der Waals surface area (Å²) in [5.41, 5.74) is 1.54. The third-order valence-corrected chi connectivity index (χ3v) is 6.65. The zero-order valence-corrected chi connectivity index (χ0v) is 16.3. The van der Waals surface area contributed by atoms with Gasteiger partial charge in [0.25, 0.3) is 0 Å². The van der Waals surface area contributed by atoms with Crippen molar-refractivity contribution in [3.05, 3.63) is 65.5 Å². The van der Waals surface area contributed by atoms with Crippen molar-refractivity contribution >= 4 is 40.6 Å². The summed E-state index contributed by atoms with van der Waals surface area (Å²) in [6, 6.07) is 14.1. The number of methoxy groups -OCH3 is 1. The van der Waals surface area contributed by atoms with Crippen LogP contribution in [0.5, 0.6) is 5.75 Å².